The van der Waals surface area contributed by atoms with E-state index in [1.165, 1.54) is 4.90 Å². The number of nitrogens with one attached hydrogen (secondary N) is 2. The third-order valence-corrected chi connectivity index (χ3v) is 4.57. The van der Waals surface area contributed by atoms with Crippen molar-refractivity contribution >= 4 is 17.9 Å². The molecule has 0 aromatic heterocycles. The average molecular weight is 342 g/mol. The van der Waals surface area contributed by atoms with Crippen molar-refractivity contribution in [1.29, 1.82) is 0 Å². The SMILES string of the molecule is O=C(O)CON1C(=O)N2CC1CCC2C(=O)NOC[C@@H]1CCCN1. The van der Waals surface area contributed by atoms with Gasteiger partial charge >= 0.3 is 12.0 Å². The number of aliphatic carboxylic acids is 1. The number of carboxylic acids is 1. The predicted molar refractivity (Wildman–Crippen MR) is 79.5 cm³/mol. The minimum atomic E-state index is -1.15. The van der Waals surface area contributed by atoms with Crippen molar-refractivity contribution in [1.82, 2.24) is 20.8 Å². The van der Waals surface area contributed by atoms with Gasteiger partial charge in [0.15, 0.2) is 6.61 Å². The van der Waals surface area contributed by atoms with E-state index >= 15 is 0 Å². The summed E-state index contributed by atoms with van der Waals surface area (Å²) in [5, 5.41) is 13.0. The zero-order chi connectivity index (χ0) is 17.1. The molecule has 3 saturated heterocycles. The number of rotatable bonds is 7. The molecule has 10 nitrogen and oxygen atoms in total. The second-order valence-electron chi connectivity index (χ2n) is 6.25. The van der Waals surface area contributed by atoms with Gasteiger partial charge in [0, 0.05) is 12.6 Å². The van der Waals surface area contributed by atoms with Gasteiger partial charge in [-0.2, -0.15) is 5.06 Å². The maximum absolute atomic E-state index is 12.3. The van der Waals surface area contributed by atoms with Crippen molar-refractivity contribution in [2.45, 2.75) is 43.8 Å². The molecular weight excluding hydrogens is 320 g/mol. The van der Waals surface area contributed by atoms with Gasteiger partial charge in [-0.1, -0.05) is 0 Å². The van der Waals surface area contributed by atoms with Crippen LogP contribution in [-0.2, 0) is 19.3 Å². The van der Waals surface area contributed by atoms with Gasteiger partial charge in [-0.3, -0.25) is 14.5 Å². The fourth-order valence-electron chi connectivity index (χ4n) is 3.38. The minimum absolute atomic E-state index is 0.218. The number of nitrogens with zero attached hydrogens (tertiary/aromatic N) is 2. The van der Waals surface area contributed by atoms with Gasteiger partial charge in [-0.05, 0) is 32.2 Å². The molecule has 3 aliphatic rings. The molecule has 3 fully saturated rings. The zero-order valence-electron chi connectivity index (χ0n) is 13.3. The van der Waals surface area contributed by atoms with E-state index in [2.05, 4.69) is 10.8 Å². The largest absolute Gasteiger partial charge is 0.479 e. The molecule has 0 aromatic rings. The van der Waals surface area contributed by atoms with Crippen molar-refractivity contribution in [2.24, 2.45) is 0 Å². The summed E-state index contributed by atoms with van der Waals surface area (Å²) in [4.78, 5) is 46.9. The summed E-state index contributed by atoms with van der Waals surface area (Å²) in [6.07, 6.45) is 3.17. The van der Waals surface area contributed by atoms with Gasteiger partial charge in [0.1, 0.15) is 6.04 Å². The lowest BCUT2D eigenvalue weighted by atomic mass is 10.0. The fourth-order valence-corrected chi connectivity index (χ4v) is 3.38. The van der Waals surface area contributed by atoms with Crippen LogP contribution in [0.25, 0.3) is 0 Å². The summed E-state index contributed by atoms with van der Waals surface area (Å²) in [6.45, 7) is 1.12. The molecule has 134 valence electrons. The van der Waals surface area contributed by atoms with Gasteiger partial charge in [0.25, 0.3) is 5.91 Å². The Labute approximate surface area is 138 Å². The molecule has 24 heavy (non-hydrogen) atoms. The lowest BCUT2D eigenvalue weighted by molar-refractivity contribution is -0.167. The van der Waals surface area contributed by atoms with E-state index in [-0.39, 0.29) is 18.0 Å². The maximum Gasteiger partial charge on any atom is 0.345 e. The smallest absolute Gasteiger partial charge is 0.345 e. The second-order valence-corrected chi connectivity index (χ2v) is 6.25. The van der Waals surface area contributed by atoms with E-state index in [1.807, 2.05) is 0 Å². The Morgan fingerprint density at radius 2 is 2.17 bits per heavy atom. The molecule has 3 amide bonds. The molecular formula is C14H22N4O6. The summed E-state index contributed by atoms with van der Waals surface area (Å²) >= 11 is 0. The second kappa shape index (κ2) is 7.32. The van der Waals surface area contributed by atoms with Gasteiger partial charge in [-0.25, -0.2) is 15.1 Å². The lowest BCUT2D eigenvalue weighted by Gasteiger charge is -2.29. The first-order chi connectivity index (χ1) is 11.6. The van der Waals surface area contributed by atoms with Crippen molar-refractivity contribution in [3.05, 3.63) is 0 Å². The van der Waals surface area contributed by atoms with Crippen molar-refractivity contribution < 1.29 is 29.2 Å². The van der Waals surface area contributed by atoms with E-state index in [0.29, 0.717) is 26.0 Å². The quantitative estimate of drug-likeness (QED) is 0.511. The molecule has 3 atom stereocenters. The summed E-state index contributed by atoms with van der Waals surface area (Å²) in [5.74, 6) is -1.51. The number of carbonyl (C=O) groups is 3. The Morgan fingerprint density at radius 1 is 1.33 bits per heavy atom. The number of carboxylic acid groups (broad SMARTS) is 1. The van der Waals surface area contributed by atoms with Crippen LogP contribution >= 0.6 is 0 Å². The maximum atomic E-state index is 12.3. The molecule has 0 spiro atoms. The normalized spacial score (nSPS) is 29.2. The minimum Gasteiger partial charge on any atom is -0.479 e. The van der Waals surface area contributed by atoms with Gasteiger partial charge in [-0.15, -0.1) is 0 Å². The van der Waals surface area contributed by atoms with E-state index in [1.54, 1.807) is 0 Å². The third-order valence-electron chi connectivity index (χ3n) is 4.57. The van der Waals surface area contributed by atoms with Crippen LogP contribution in [0.2, 0.25) is 0 Å². The number of piperidine rings is 1. The number of urea groups is 1. The van der Waals surface area contributed by atoms with Crippen molar-refractivity contribution in [2.75, 3.05) is 26.3 Å². The predicted octanol–water partition coefficient (Wildman–Crippen LogP) is -0.929. The Hall–Kier alpha value is -1.91. The molecule has 3 heterocycles. The molecule has 0 radical (unpaired) electrons. The van der Waals surface area contributed by atoms with Crippen LogP contribution in [-0.4, -0.2) is 77.4 Å². The van der Waals surface area contributed by atoms with Gasteiger partial charge < -0.3 is 15.3 Å². The summed E-state index contributed by atoms with van der Waals surface area (Å²) in [5.41, 5.74) is 2.42. The van der Waals surface area contributed by atoms with E-state index in [9.17, 15) is 14.4 Å². The monoisotopic (exact) mass is 342 g/mol. The highest BCUT2D eigenvalue weighted by molar-refractivity contribution is 5.88. The first-order valence-corrected chi connectivity index (χ1v) is 8.16. The molecule has 3 N–H and O–H groups in total. The van der Waals surface area contributed by atoms with E-state index < -0.39 is 24.6 Å². The number of hydrogen-bond acceptors (Lipinski definition) is 6. The zero-order valence-corrected chi connectivity index (χ0v) is 13.3. The highest BCUT2D eigenvalue weighted by atomic mass is 16.7. The van der Waals surface area contributed by atoms with Gasteiger partial charge in [0.2, 0.25) is 0 Å². The third kappa shape index (κ3) is 3.60. The fraction of sp³-hybridized carbons (Fsp3) is 0.786. The lowest BCUT2D eigenvalue weighted by Crippen LogP contribution is -2.50. The highest BCUT2D eigenvalue weighted by Gasteiger charge is 2.48. The molecule has 3 aliphatic heterocycles. The Bertz CT molecular complexity index is 509. The molecule has 0 aromatic carbocycles. The van der Waals surface area contributed by atoms with Crippen molar-refractivity contribution in [3.8, 4) is 0 Å². The number of amides is 3. The number of carbonyl (C=O) groups excluding carboxylic acids is 2. The highest BCUT2D eigenvalue weighted by Crippen LogP contribution is 2.30. The first-order valence-electron chi connectivity index (χ1n) is 8.16. The van der Waals surface area contributed by atoms with Crippen LogP contribution in [0.5, 0.6) is 0 Å². The van der Waals surface area contributed by atoms with Gasteiger partial charge in [0.05, 0.1) is 12.6 Å². The summed E-state index contributed by atoms with van der Waals surface area (Å²) in [7, 11) is 0. The number of hydrogen-bond donors (Lipinski definition) is 3. The number of fused-ring (bicyclic) bond motifs is 2. The van der Waals surface area contributed by atoms with Crippen LogP contribution in [0.4, 0.5) is 4.79 Å². The average Bonchev–Trinajstić information content (AvgIpc) is 3.14. The molecule has 0 saturated carbocycles. The summed E-state index contributed by atoms with van der Waals surface area (Å²) in [6, 6.07) is -1.07. The number of hydroxylamine groups is 3. The molecule has 2 bridgehead atoms. The van der Waals surface area contributed by atoms with Crippen LogP contribution in [0.15, 0.2) is 0 Å². The van der Waals surface area contributed by atoms with E-state index in [0.717, 1.165) is 24.4 Å². The Balaban J connectivity index is 1.49. The standard InChI is InChI=1S/C14H22N4O6/c19-12(20)8-24-18-10-3-4-11(17(6-10)14(18)22)13(21)16-23-7-9-2-1-5-15-9/h9-11,15H,1-8H2,(H,16,21)(H,19,20)/t9-,10?,11?/m0/s1. The van der Waals surface area contributed by atoms with Crippen LogP contribution in [0.3, 0.4) is 0 Å². The van der Waals surface area contributed by atoms with Crippen LogP contribution in [0.1, 0.15) is 25.7 Å². The van der Waals surface area contributed by atoms with Crippen LogP contribution in [0, 0.1) is 0 Å². The Morgan fingerprint density at radius 3 is 2.88 bits per heavy atom. The molecule has 10 heteroatoms. The topological polar surface area (TPSA) is 120 Å². The molecule has 2 unspecified atom stereocenters. The Kier molecular flexibility index (Phi) is 5.17. The molecule has 3 rings (SSSR count). The first kappa shape index (κ1) is 16.9. The van der Waals surface area contributed by atoms with Crippen molar-refractivity contribution in [3.63, 3.8) is 0 Å². The van der Waals surface area contributed by atoms with Crippen LogP contribution < -0.4 is 10.8 Å². The summed E-state index contributed by atoms with van der Waals surface area (Å²) < 4.78 is 0. The molecule has 0 aliphatic carbocycles. The van der Waals surface area contributed by atoms with E-state index in [4.69, 9.17) is 14.8 Å².